The Kier molecular flexibility index (Phi) is 2.25. The fraction of sp³-hybridized carbons (Fsp3) is 0.500. The molecule has 3 heteroatoms. The summed E-state index contributed by atoms with van der Waals surface area (Å²) in [5.41, 5.74) is 1.71. The molecule has 0 atom stereocenters. The Bertz CT molecular complexity index is 496. The second-order valence-electron chi connectivity index (χ2n) is 4.90. The van der Waals surface area contributed by atoms with Crippen LogP contribution in [0, 0.1) is 11.3 Å². The molecule has 1 aliphatic heterocycles. The van der Waals surface area contributed by atoms with Crippen LogP contribution in [-0.4, -0.2) is 12.7 Å². The molecule has 0 amide bonds. The van der Waals surface area contributed by atoms with Gasteiger partial charge in [0.2, 0.25) is 0 Å². The Morgan fingerprint density at radius 1 is 1.35 bits per heavy atom. The minimum Gasteiger partial charge on any atom is -0.493 e. The highest BCUT2D eigenvalue weighted by Gasteiger charge is 2.43. The minimum absolute atomic E-state index is 0.0530. The molecule has 1 aromatic carbocycles. The topological polar surface area (TPSA) is 42.2 Å². The van der Waals surface area contributed by atoms with Crippen LogP contribution in [0.25, 0.3) is 0 Å². The van der Waals surface area contributed by atoms with Crippen molar-refractivity contribution >= 4 is 0 Å². The van der Waals surface area contributed by atoms with Crippen molar-refractivity contribution in [3.8, 4) is 17.6 Å². The Morgan fingerprint density at radius 3 is 2.76 bits per heavy atom. The van der Waals surface area contributed by atoms with Gasteiger partial charge in [-0.15, -0.1) is 0 Å². The third-order valence-electron chi connectivity index (χ3n) is 3.90. The highest BCUT2D eigenvalue weighted by atomic mass is 16.5. The summed E-state index contributed by atoms with van der Waals surface area (Å²) in [6.45, 7) is 0. The van der Waals surface area contributed by atoms with Crippen molar-refractivity contribution in [3.63, 3.8) is 0 Å². The summed E-state index contributed by atoms with van der Waals surface area (Å²) in [6, 6.07) is 5.90. The van der Waals surface area contributed by atoms with Crippen LogP contribution in [0.5, 0.6) is 11.5 Å². The maximum atomic E-state index is 9.15. The lowest BCUT2D eigenvalue weighted by molar-refractivity contribution is 0.0996. The highest BCUT2D eigenvalue weighted by molar-refractivity contribution is 5.57. The number of hydrogen-bond donors (Lipinski definition) is 0. The van der Waals surface area contributed by atoms with Crippen molar-refractivity contribution in [1.29, 1.82) is 5.26 Å². The van der Waals surface area contributed by atoms with Gasteiger partial charge in [0.15, 0.2) is 11.5 Å². The maximum Gasteiger partial charge on any atom is 0.166 e. The molecule has 1 fully saturated rings. The standard InChI is InChI=1S/C14H15NO2/c1-16-12-5-4-10(9-15)11-8-14(17-13(11)12)6-2-3-7-14/h4-5H,2-3,6-8H2,1H3. The van der Waals surface area contributed by atoms with Crippen molar-refractivity contribution in [2.45, 2.75) is 37.7 Å². The second kappa shape index (κ2) is 3.66. The zero-order chi connectivity index (χ0) is 11.9. The van der Waals surface area contributed by atoms with Crippen molar-refractivity contribution in [1.82, 2.24) is 0 Å². The van der Waals surface area contributed by atoms with Crippen molar-refractivity contribution in [2.24, 2.45) is 0 Å². The number of ether oxygens (including phenoxy) is 2. The molecule has 3 nitrogen and oxygen atoms in total. The Morgan fingerprint density at radius 2 is 2.12 bits per heavy atom. The van der Waals surface area contributed by atoms with Gasteiger partial charge in [-0.2, -0.15) is 5.26 Å². The predicted octanol–water partition coefficient (Wildman–Crippen LogP) is 2.81. The number of benzene rings is 1. The molecule has 2 aliphatic rings. The fourth-order valence-corrected chi connectivity index (χ4v) is 3.03. The summed E-state index contributed by atoms with van der Waals surface area (Å²) in [7, 11) is 1.64. The molecule has 3 rings (SSSR count). The van der Waals surface area contributed by atoms with Gasteiger partial charge in [0, 0.05) is 12.0 Å². The van der Waals surface area contributed by atoms with E-state index in [4.69, 9.17) is 14.7 Å². The van der Waals surface area contributed by atoms with Gasteiger partial charge in [-0.1, -0.05) is 0 Å². The van der Waals surface area contributed by atoms with E-state index < -0.39 is 0 Å². The molecule has 0 saturated heterocycles. The zero-order valence-corrected chi connectivity index (χ0v) is 9.95. The minimum atomic E-state index is -0.0530. The van der Waals surface area contributed by atoms with E-state index in [1.54, 1.807) is 7.11 Å². The molecular formula is C14H15NO2. The van der Waals surface area contributed by atoms with Gasteiger partial charge >= 0.3 is 0 Å². The number of nitriles is 1. The smallest absolute Gasteiger partial charge is 0.166 e. The van der Waals surface area contributed by atoms with Gasteiger partial charge < -0.3 is 9.47 Å². The Labute approximate surface area is 101 Å². The van der Waals surface area contributed by atoms with Crippen molar-refractivity contribution in [3.05, 3.63) is 23.3 Å². The Balaban J connectivity index is 2.08. The summed E-state index contributed by atoms with van der Waals surface area (Å²) in [5.74, 6) is 1.55. The predicted molar refractivity (Wildman–Crippen MR) is 63.2 cm³/mol. The third-order valence-corrected chi connectivity index (χ3v) is 3.90. The van der Waals surface area contributed by atoms with Crippen LogP contribution in [0.3, 0.4) is 0 Å². The largest absolute Gasteiger partial charge is 0.493 e. The van der Waals surface area contributed by atoms with E-state index in [2.05, 4.69) is 6.07 Å². The molecule has 0 N–H and O–H groups in total. The Hall–Kier alpha value is -1.69. The van der Waals surface area contributed by atoms with Crippen molar-refractivity contribution in [2.75, 3.05) is 7.11 Å². The quantitative estimate of drug-likeness (QED) is 0.743. The van der Waals surface area contributed by atoms with E-state index in [1.807, 2.05) is 12.1 Å². The summed E-state index contributed by atoms with van der Waals surface area (Å²) < 4.78 is 11.5. The summed E-state index contributed by atoms with van der Waals surface area (Å²) in [4.78, 5) is 0. The molecule has 0 aromatic heterocycles. The SMILES string of the molecule is COc1ccc(C#N)c2c1OC1(CCCC1)C2. The van der Waals surface area contributed by atoms with Crippen LogP contribution >= 0.6 is 0 Å². The number of hydrogen-bond acceptors (Lipinski definition) is 3. The second-order valence-corrected chi connectivity index (χ2v) is 4.90. The molecule has 0 radical (unpaired) electrons. The van der Waals surface area contributed by atoms with E-state index >= 15 is 0 Å². The van der Waals surface area contributed by atoms with Crippen LogP contribution in [0.4, 0.5) is 0 Å². The highest BCUT2D eigenvalue weighted by Crippen LogP contribution is 2.49. The lowest BCUT2D eigenvalue weighted by Crippen LogP contribution is -2.30. The lowest BCUT2D eigenvalue weighted by atomic mass is 9.93. The molecular weight excluding hydrogens is 214 g/mol. The first kappa shape index (κ1) is 10.5. The summed E-state index contributed by atoms with van der Waals surface area (Å²) >= 11 is 0. The van der Waals surface area contributed by atoms with E-state index in [9.17, 15) is 0 Å². The normalized spacial score (nSPS) is 19.8. The molecule has 88 valence electrons. The zero-order valence-electron chi connectivity index (χ0n) is 9.95. The summed E-state index contributed by atoms with van der Waals surface area (Å²) in [5, 5.41) is 9.15. The number of methoxy groups -OCH3 is 1. The molecule has 0 bridgehead atoms. The van der Waals surface area contributed by atoms with Crippen LogP contribution in [0.15, 0.2) is 12.1 Å². The van der Waals surface area contributed by atoms with Crippen LogP contribution < -0.4 is 9.47 Å². The van der Waals surface area contributed by atoms with Gasteiger partial charge in [-0.3, -0.25) is 0 Å². The molecule has 1 saturated carbocycles. The molecule has 17 heavy (non-hydrogen) atoms. The molecule has 1 heterocycles. The van der Waals surface area contributed by atoms with Gasteiger partial charge in [0.25, 0.3) is 0 Å². The number of nitrogens with zero attached hydrogens (tertiary/aromatic N) is 1. The van der Waals surface area contributed by atoms with Crippen LogP contribution in [0.2, 0.25) is 0 Å². The number of rotatable bonds is 1. The van der Waals surface area contributed by atoms with Crippen LogP contribution in [0.1, 0.15) is 36.8 Å². The third kappa shape index (κ3) is 1.48. The average Bonchev–Trinajstić information content (AvgIpc) is 2.95. The first-order valence-corrected chi connectivity index (χ1v) is 6.07. The van der Waals surface area contributed by atoms with E-state index in [0.717, 1.165) is 41.9 Å². The van der Waals surface area contributed by atoms with Gasteiger partial charge in [0.05, 0.1) is 18.7 Å². The van der Waals surface area contributed by atoms with Crippen LogP contribution in [-0.2, 0) is 6.42 Å². The molecule has 0 unspecified atom stereocenters. The molecule has 1 aromatic rings. The first-order chi connectivity index (χ1) is 8.28. The first-order valence-electron chi connectivity index (χ1n) is 6.07. The van der Waals surface area contributed by atoms with E-state index in [0.29, 0.717) is 0 Å². The van der Waals surface area contributed by atoms with Gasteiger partial charge in [0.1, 0.15) is 5.60 Å². The lowest BCUT2D eigenvalue weighted by Gasteiger charge is -2.22. The number of fused-ring (bicyclic) bond motifs is 1. The fourth-order valence-electron chi connectivity index (χ4n) is 3.03. The monoisotopic (exact) mass is 229 g/mol. The maximum absolute atomic E-state index is 9.15. The molecule has 1 spiro atoms. The van der Waals surface area contributed by atoms with Crippen molar-refractivity contribution < 1.29 is 9.47 Å². The average molecular weight is 229 g/mol. The van der Waals surface area contributed by atoms with E-state index in [-0.39, 0.29) is 5.60 Å². The summed E-state index contributed by atoms with van der Waals surface area (Å²) in [6.07, 6.45) is 5.49. The van der Waals surface area contributed by atoms with E-state index in [1.165, 1.54) is 12.8 Å². The van der Waals surface area contributed by atoms with Gasteiger partial charge in [-0.25, -0.2) is 0 Å². The van der Waals surface area contributed by atoms with Gasteiger partial charge in [-0.05, 0) is 37.8 Å². The molecule has 1 aliphatic carbocycles.